The van der Waals surface area contributed by atoms with Crippen LogP contribution in [0.2, 0.25) is 0 Å². The van der Waals surface area contributed by atoms with Crippen molar-refractivity contribution in [3.63, 3.8) is 0 Å². The normalized spacial score (nSPS) is 11.7. The van der Waals surface area contributed by atoms with E-state index < -0.39 is 0 Å². The maximum Gasteiger partial charge on any atom is 0.142 e. The van der Waals surface area contributed by atoms with Crippen molar-refractivity contribution in [1.29, 1.82) is 0 Å². The summed E-state index contributed by atoms with van der Waals surface area (Å²) in [4.78, 5) is 0. The molecule has 0 aromatic heterocycles. The van der Waals surface area contributed by atoms with E-state index >= 15 is 0 Å². The van der Waals surface area contributed by atoms with Crippen molar-refractivity contribution in [3.8, 4) is 0 Å². The summed E-state index contributed by atoms with van der Waals surface area (Å²) in [5, 5.41) is 2.58. The van der Waals surface area contributed by atoms with Crippen LogP contribution < -0.4 is 5.73 Å². The fraction of sp³-hybridized carbons (Fsp3) is 0.125. The highest BCUT2D eigenvalue weighted by Gasteiger charge is 2.19. The molecule has 0 saturated carbocycles. The summed E-state index contributed by atoms with van der Waals surface area (Å²) in [5.74, 6) is 0.0297. The second kappa shape index (κ2) is 6.86. The molecule has 0 aliphatic rings. The van der Waals surface area contributed by atoms with E-state index in [0.717, 1.165) is 11.1 Å². The molecule has 2 nitrogen and oxygen atoms in total. The minimum Gasteiger partial charge on any atom is -0.323 e. The fourth-order valence-corrected chi connectivity index (χ4v) is 2.37. The van der Waals surface area contributed by atoms with Crippen molar-refractivity contribution in [2.75, 3.05) is 0 Å². The molecule has 0 aliphatic carbocycles. The molecule has 96 valence electrons. The Balaban J connectivity index is 2.45. The van der Waals surface area contributed by atoms with Crippen molar-refractivity contribution < 1.29 is 4.21 Å². The molecule has 2 aromatic carbocycles. The minimum atomic E-state index is -0.272. The van der Waals surface area contributed by atoms with Gasteiger partial charge in [-0.1, -0.05) is 60.7 Å². The summed E-state index contributed by atoms with van der Waals surface area (Å²) >= 11 is 0.302. The lowest BCUT2D eigenvalue weighted by atomic mass is 9.85. The Labute approximate surface area is 116 Å². The minimum absolute atomic E-state index is 0.0297. The number of rotatable bonds is 4. The Kier molecular flexibility index (Phi) is 4.87. The van der Waals surface area contributed by atoms with E-state index in [1.165, 1.54) is 0 Å². The van der Waals surface area contributed by atoms with Crippen LogP contribution in [-0.2, 0) is 11.3 Å². The zero-order valence-electron chi connectivity index (χ0n) is 10.4. The van der Waals surface area contributed by atoms with Gasteiger partial charge in [0.25, 0.3) is 0 Å². The summed E-state index contributed by atoms with van der Waals surface area (Å²) in [7, 11) is 0. The highest BCUT2D eigenvalue weighted by molar-refractivity contribution is 7.64. The summed E-state index contributed by atoms with van der Waals surface area (Å²) in [6.45, 7) is 0. The summed E-state index contributed by atoms with van der Waals surface area (Å²) < 4.78 is 10.4. The first-order valence-corrected chi connectivity index (χ1v) is 6.80. The largest absolute Gasteiger partial charge is 0.323 e. The highest BCUT2D eigenvalue weighted by Crippen LogP contribution is 2.27. The summed E-state index contributed by atoms with van der Waals surface area (Å²) in [6.07, 6.45) is 1.64. The van der Waals surface area contributed by atoms with Gasteiger partial charge in [0.2, 0.25) is 0 Å². The third-order valence-corrected chi connectivity index (χ3v) is 3.24. The van der Waals surface area contributed by atoms with Crippen molar-refractivity contribution in [1.82, 2.24) is 0 Å². The van der Waals surface area contributed by atoms with Gasteiger partial charge in [-0.25, -0.2) is 4.21 Å². The molecule has 2 rings (SSSR count). The van der Waals surface area contributed by atoms with Crippen LogP contribution in [0.25, 0.3) is 0 Å². The molecule has 19 heavy (non-hydrogen) atoms. The summed E-state index contributed by atoms with van der Waals surface area (Å²) in [5.41, 5.74) is 8.47. The molecule has 0 radical (unpaired) electrons. The van der Waals surface area contributed by atoms with Crippen molar-refractivity contribution in [3.05, 3.63) is 77.9 Å². The molecule has 1 unspecified atom stereocenters. The van der Waals surface area contributed by atoms with E-state index in [1.807, 2.05) is 36.4 Å². The molecular weight excluding hydrogens is 254 g/mol. The van der Waals surface area contributed by atoms with Gasteiger partial charge in [-0.05, 0) is 22.2 Å². The fourth-order valence-electron chi connectivity index (χ4n) is 2.16. The number of benzene rings is 2. The average Bonchev–Trinajstić information content (AvgIpc) is 2.47. The van der Waals surface area contributed by atoms with E-state index in [9.17, 15) is 4.21 Å². The van der Waals surface area contributed by atoms with Crippen LogP contribution in [0.4, 0.5) is 0 Å². The summed E-state index contributed by atoms with van der Waals surface area (Å²) in [6, 6.07) is 19.9. The molecule has 0 spiro atoms. The molecule has 0 fully saturated rings. The molecule has 2 N–H and O–H groups in total. The van der Waals surface area contributed by atoms with Crippen LogP contribution >= 0.6 is 0 Å². The van der Waals surface area contributed by atoms with Crippen molar-refractivity contribution >= 4 is 16.3 Å². The molecule has 0 saturated heterocycles. The quantitative estimate of drug-likeness (QED) is 0.866. The second-order valence-corrected chi connectivity index (χ2v) is 4.65. The molecule has 0 heterocycles. The third kappa shape index (κ3) is 3.52. The smallest absolute Gasteiger partial charge is 0.142 e. The van der Waals surface area contributed by atoms with Gasteiger partial charge < -0.3 is 5.73 Å². The molecule has 2 aromatic rings. The van der Waals surface area contributed by atoms with E-state index in [4.69, 9.17) is 5.73 Å². The number of hydrogen-bond donors (Lipinski definition) is 1. The van der Waals surface area contributed by atoms with Gasteiger partial charge in [-0.2, -0.15) is 0 Å². The Hall–Kier alpha value is -1.93. The standard InChI is InChI=1S/C16H15NOS/c17-15(11-12-19-18)16(13-7-3-1-4-8-13)14-9-5-2-6-10-14/h1-11,15-16H,17H2. The highest BCUT2D eigenvalue weighted by atomic mass is 32.1. The van der Waals surface area contributed by atoms with Gasteiger partial charge in [0.05, 0.1) is 0 Å². The van der Waals surface area contributed by atoms with E-state index in [-0.39, 0.29) is 12.0 Å². The van der Waals surface area contributed by atoms with Crippen LogP contribution in [0.3, 0.4) is 0 Å². The first-order valence-electron chi connectivity index (χ1n) is 6.06. The van der Waals surface area contributed by atoms with Crippen LogP contribution in [0, 0.1) is 0 Å². The SMILES string of the molecule is NC(C=C=S=O)C(c1ccccc1)c1ccccc1. The molecule has 3 heteroatoms. The predicted octanol–water partition coefficient (Wildman–Crippen LogP) is 2.32. The molecule has 0 bridgehead atoms. The van der Waals surface area contributed by atoms with Crippen LogP contribution in [-0.4, -0.2) is 15.3 Å². The molecule has 0 aliphatic heterocycles. The number of hydrogen-bond acceptors (Lipinski definition) is 2. The van der Waals surface area contributed by atoms with E-state index in [2.05, 4.69) is 29.3 Å². The second-order valence-electron chi connectivity index (χ2n) is 4.24. The van der Waals surface area contributed by atoms with Gasteiger partial charge in [0.1, 0.15) is 11.3 Å². The van der Waals surface area contributed by atoms with Crippen molar-refractivity contribution in [2.45, 2.75) is 12.0 Å². The van der Waals surface area contributed by atoms with E-state index in [1.54, 1.807) is 6.08 Å². The lowest BCUT2D eigenvalue weighted by molar-refractivity contribution is 0.699. The average molecular weight is 269 g/mol. The Bertz CT molecular complexity index is 560. The van der Waals surface area contributed by atoms with Gasteiger partial charge >= 0.3 is 0 Å². The van der Waals surface area contributed by atoms with Crippen LogP contribution in [0.1, 0.15) is 17.0 Å². The molecule has 1 atom stereocenters. The Morgan fingerprint density at radius 1 is 0.947 bits per heavy atom. The van der Waals surface area contributed by atoms with Gasteiger partial charge in [-0.15, -0.1) is 0 Å². The lowest BCUT2D eigenvalue weighted by Crippen LogP contribution is -2.27. The van der Waals surface area contributed by atoms with Gasteiger partial charge in [0, 0.05) is 12.0 Å². The Morgan fingerprint density at radius 3 is 1.84 bits per heavy atom. The first-order chi connectivity index (χ1) is 9.33. The Morgan fingerprint density at radius 2 is 1.42 bits per heavy atom. The van der Waals surface area contributed by atoms with Crippen LogP contribution in [0.5, 0.6) is 0 Å². The third-order valence-electron chi connectivity index (χ3n) is 3.01. The zero-order chi connectivity index (χ0) is 13.5. The van der Waals surface area contributed by atoms with Gasteiger partial charge in [-0.3, -0.25) is 0 Å². The first kappa shape index (κ1) is 13.5. The lowest BCUT2D eigenvalue weighted by Gasteiger charge is -2.22. The topological polar surface area (TPSA) is 43.1 Å². The van der Waals surface area contributed by atoms with E-state index in [0.29, 0.717) is 11.3 Å². The zero-order valence-corrected chi connectivity index (χ0v) is 11.2. The molecule has 0 amide bonds. The maximum atomic E-state index is 10.4. The number of nitrogens with two attached hydrogens (primary N) is 1. The molecular formula is C16H15NOS. The van der Waals surface area contributed by atoms with Gasteiger partial charge in [0.15, 0.2) is 0 Å². The van der Waals surface area contributed by atoms with Crippen LogP contribution in [0.15, 0.2) is 66.7 Å². The monoisotopic (exact) mass is 269 g/mol. The maximum absolute atomic E-state index is 10.4. The predicted molar refractivity (Wildman–Crippen MR) is 80.4 cm³/mol. The van der Waals surface area contributed by atoms with Crippen molar-refractivity contribution in [2.24, 2.45) is 5.73 Å².